The third-order valence-electron chi connectivity index (χ3n) is 2.72. The van der Waals surface area contributed by atoms with E-state index < -0.39 is 0 Å². The summed E-state index contributed by atoms with van der Waals surface area (Å²) in [4.78, 5) is 28.2. The lowest BCUT2D eigenvalue weighted by Gasteiger charge is -2.08. The molecule has 0 saturated carbocycles. The minimum Gasteiger partial charge on any atom is -0.322 e. The van der Waals surface area contributed by atoms with E-state index in [1.54, 1.807) is 26.1 Å². The number of hydrogen-bond donors (Lipinski definition) is 1. The van der Waals surface area contributed by atoms with Crippen LogP contribution in [0.1, 0.15) is 20.8 Å². The Hall–Kier alpha value is -2.49. The lowest BCUT2D eigenvalue weighted by Crippen LogP contribution is -2.20. The predicted octanol–water partition coefficient (Wildman–Crippen LogP) is 3.18. The van der Waals surface area contributed by atoms with Crippen molar-refractivity contribution in [2.75, 3.05) is 12.4 Å². The van der Waals surface area contributed by atoms with Gasteiger partial charge in [-0.15, -0.1) is 0 Å². The highest BCUT2D eigenvalue weighted by Gasteiger charge is 2.14. The van der Waals surface area contributed by atoms with Gasteiger partial charge in [-0.1, -0.05) is 23.8 Å². The Morgan fingerprint density at radius 1 is 1.05 bits per heavy atom. The number of nitrogens with zero attached hydrogens (tertiary/aromatic N) is 1. The van der Waals surface area contributed by atoms with E-state index in [2.05, 4.69) is 10.3 Å². The minimum absolute atomic E-state index is 0.226. The van der Waals surface area contributed by atoms with Gasteiger partial charge in [0.15, 0.2) is 5.78 Å². The number of carbonyl (C=O) groups is 2. The van der Waals surface area contributed by atoms with Gasteiger partial charge in [0.2, 0.25) is 0 Å². The average Bonchev–Trinajstić information content (AvgIpc) is 2.44. The minimum atomic E-state index is -0.347. The largest absolute Gasteiger partial charge is 0.322 e. The summed E-state index contributed by atoms with van der Waals surface area (Å²) in [7, 11) is 1.59. The third-order valence-corrected chi connectivity index (χ3v) is 2.72. The Bertz CT molecular complexity index is 607. The average molecular weight is 284 g/mol. The molecule has 0 aliphatic heterocycles. The second-order valence-corrected chi connectivity index (χ2v) is 4.81. The smallest absolute Gasteiger partial charge is 0.257 e. The van der Waals surface area contributed by atoms with E-state index in [0.717, 1.165) is 5.57 Å². The first-order valence-corrected chi connectivity index (χ1v) is 6.64. The summed E-state index contributed by atoms with van der Waals surface area (Å²) < 4.78 is 0. The molecule has 110 valence electrons. The monoisotopic (exact) mass is 284 g/mol. The van der Waals surface area contributed by atoms with Gasteiger partial charge in [0.25, 0.3) is 5.91 Å². The molecule has 0 atom stereocenters. The van der Waals surface area contributed by atoms with E-state index in [1.165, 1.54) is 12.2 Å². The van der Waals surface area contributed by atoms with Crippen LogP contribution in [-0.4, -0.2) is 24.4 Å². The molecule has 4 nitrogen and oxygen atoms in total. The number of ketones is 1. The molecule has 0 bridgehead atoms. The summed E-state index contributed by atoms with van der Waals surface area (Å²) in [6.45, 7) is 5.36. The van der Waals surface area contributed by atoms with Crippen LogP contribution in [0.3, 0.4) is 0 Å². The maximum Gasteiger partial charge on any atom is 0.257 e. The van der Waals surface area contributed by atoms with E-state index in [1.807, 2.05) is 32.0 Å². The second-order valence-electron chi connectivity index (χ2n) is 4.81. The van der Waals surface area contributed by atoms with E-state index in [0.29, 0.717) is 11.4 Å². The number of aliphatic imine (C=N–C) groups is 1. The number of carbonyl (C=O) groups excluding carboxylic acids is 2. The molecule has 1 N–H and O–H groups in total. The zero-order valence-electron chi connectivity index (χ0n) is 12.8. The van der Waals surface area contributed by atoms with Crippen molar-refractivity contribution in [2.45, 2.75) is 20.8 Å². The van der Waals surface area contributed by atoms with Crippen LogP contribution in [0.2, 0.25) is 0 Å². The van der Waals surface area contributed by atoms with Gasteiger partial charge in [0.1, 0.15) is 0 Å². The molecule has 1 rings (SSSR count). The van der Waals surface area contributed by atoms with Crippen molar-refractivity contribution in [2.24, 2.45) is 4.99 Å². The van der Waals surface area contributed by atoms with Crippen LogP contribution in [0.15, 0.2) is 58.6 Å². The number of benzene rings is 1. The van der Waals surface area contributed by atoms with E-state index in [-0.39, 0.29) is 17.3 Å². The van der Waals surface area contributed by atoms with Crippen LogP contribution < -0.4 is 5.32 Å². The van der Waals surface area contributed by atoms with Crippen LogP contribution in [-0.2, 0) is 9.59 Å². The predicted molar refractivity (Wildman–Crippen MR) is 86.6 cm³/mol. The van der Waals surface area contributed by atoms with Crippen molar-refractivity contribution in [3.63, 3.8) is 0 Å². The molecular formula is C17H20N2O2. The van der Waals surface area contributed by atoms with Crippen LogP contribution in [0.5, 0.6) is 0 Å². The van der Waals surface area contributed by atoms with Gasteiger partial charge in [-0.2, -0.15) is 0 Å². The zero-order chi connectivity index (χ0) is 15.8. The Morgan fingerprint density at radius 2 is 1.67 bits per heavy atom. The fraction of sp³-hybridized carbons (Fsp3) is 0.235. The molecule has 4 heteroatoms. The van der Waals surface area contributed by atoms with Gasteiger partial charge in [0, 0.05) is 18.4 Å². The lowest BCUT2D eigenvalue weighted by molar-refractivity contribution is -0.113. The summed E-state index contributed by atoms with van der Waals surface area (Å²) in [5.41, 5.74) is 2.33. The number of allylic oxidation sites excluding steroid dienone is 3. The Morgan fingerprint density at radius 3 is 2.19 bits per heavy atom. The maximum absolute atomic E-state index is 12.3. The molecule has 0 saturated heterocycles. The van der Waals surface area contributed by atoms with Gasteiger partial charge in [-0.05, 0) is 45.1 Å². The van der Waals surface area contributed by atoms with Crippen molar-refractivity contribution < 1.29 is 9.59 Å². The highest BCUT2D eigenvalue weighted by atomic mass is 16.2. The molecule has 0 unspecified atom stereocenters. The SMILES string of the molecule is CN=C(C)C(=CC(=O)C=C(C)C)C(=O)Nc1ccccc1. The summed E-state index contributed by atoms with van der Waals surface area (Å²) in [6, 6.07) is 9.09. The molecule has 0 fully saturated rings. The van der Waals surface area contributed by atoms with Gasteiger partial charge in [-0.3, -0.25) is 14.6 Å². The van der Waals surface area contributed by atoms with E-state index >= 15 is 0 Å². The molecule has 1 aromatic carbocycles. The van der Waals surface area contributed by atoms with Gasteiger partial charge in [0.05, 0.1) is 5.57 Å². The topological polar surface area (TPSA) is 58.5 Å². The summed E-state index contributed by atoms with van der Waals surface area (Å²) in [5, 5.41) is 2.75. The number of para-hydroxylation sites is 1. The van der Waals surface area contributed by atoms with Crippen LogP contribution in [0, 0.1) is 0 Å². The van der Waals surface area contributed by atoms with Crippen LogP contribution in [0.4, 0.5) is 5.69 Å². The van der Waals surface area contributed by atoms with Gasteiger partial charge < -0.3 is 5.32 Å². The maximum atomic E-state index is 12.3. The zero-order valence-corrected chi connectivity index (χ0v) is 12.8. The highest BCUT2D eigenvalue weighted by Crippen LogP contribution is 2.09. The number of anilines is 1. The van der Waals surface area contributed by atoms with E-state index in [4.69, 9.17) is 0 Å². The third kappa shape index (κ3) is 5.57. The first-order chi connectivity index (χ1) is 9.93. The normalized spacial score (nSPS) is 11.8. The van der Waals surface area contributed by atoms with Crippen molar-refractivity contribution in [3.8, 4) is 0 Å². The molecule has 21 heavy (non-hydrogen) atoms. The quantitative estimate of drug-likeness (QED) is 0.667. The molecule has 0 aromatic heterocycles. The van der Waals surface area contributed by atoms with E-state index in [9.17, 15) is 9.59 Å². The van der Waals surface area contributed by atoms with Gasteiger partial charge >= 0.3 is 0 Å². The Balaban J connectivity index is 3.03. The van der Waals surface area contributed by atoms with Crippen molar-refractivity contribution in [1.82, 2.24) is 0 Å². The summed E-state index contributed by atoms with van der Waals surface area (Å²) in [5.74, 6) is -0.573. The summed E-state index contributed by atoms with van der Waals surface area (Å²) >= 11 is 0. The number of amides is 1. The molecule has 0 heterocycles. The molecule has 0 spiro atoms. The number of hydrogen-bond acceptors (Lipinski definition) is 3. The fourth-order valence-corrected chi connectivity index (χ4v) is 1.64. The molecule has 1 aromatic rings. The molecule has 1 amide bonds. The molecular weight excluding hydrogens is 264 g/mol. The van der Waals surface area contributed by atoms with Crippen LogP contribution in [0.25, 0.3) is 0 Å². The van der Waals surface area contributed by atoms with Crippen molar-refractivity contribution >= 4 is 23.1 Å². The Labute approximate surface area is 125 Å². The van der Waals surface area contributed by atoms with Gasteiger partial charge in [-0.25, -0.2) is 0 Å². The standard InChI is InChI=1S/C17H20N2O2/c1-12(2)10-15(20)11-16(13(3)18-4)17(21)19-14-8-6-5-7-9-14/h5-11H,1-4H3,(H,19,21). The second kappa shape index (κ2) is 7.94. The summed E-state index contributed by atoms with van der Waals surface area (Å²) in [6.07, 6.45) is 2.80. The lowest BCUT2D eigenvalue weighted by atomic mass is 10.1. The molecule has 0 radical (unpaired) electrons. The van der Waals surface area contributed by atoms with Crippen molar-refractivity contribution in [1.29, 1.82) is 0 Å². The first-order valence-electron chi connectivity index (χ1n) is 6.64. The number of nitrogens with one attached hydrogen (secondary N) is 1. The highest BCUT2D eigenvalue weighted by molar-refractivity contribution is 6.27. The Kier molecular flexibility index (Phi) is 6.27. The molecule has 0 aliphatic rings. The number of rotatable bonds is 5. The van der Waals surface area contributed by atoms with Crippen molar-refractivity contribution in [3.05, 3.63) is 53.6 Å². The van der Waals surface area contributed by atoms with Crippen LogP contribution >= 0.6 is 0 Å². The first kappa shape index (κ1) is 16.6. The fourth-order valence-electron chi connectivity index (χ4n) is 1.64. The molecule has 0 aliphatic carbocycles.